The molecule has 0 N–H and O–H groups in total. The summed E-state index contributed by atoms with van der Waals surface area (Å²) in [6.07, 6.45) is 9.57. The van der Waals surface area contributed by atoms with Gasteiger partial charge < -0.3 is 0 Å². The molecule has 0 rings (SSSR count). The highest BCUT2D eigenvalue weighted by Crippen LogP contribution is 1.96. The van der Waals surface area contributed by atoms with Crippen LogP contribution in [0.4, 0.5) is 0 Å². The van der Waals surface area contributed by atoms with E-state index >= 15 is 0 Å². The molecule has 1 heteroatoms. The molecule has 0 aliphatic carbocycles. The number of hydrogen-bond donors (Lipinski definition) is 0. The quantitative estimate of drug-likeness (QED) is 0.354. The zero-order valence-corrected chi connectivity index (χ0v) is 7.65. The summed E-state index contributed by atoms with van der Waals surface area (Å²) in [6.45, 7) is 2.22. The Labute approximate surface area is 66.5 Å². The number of alkyl halides is 1. The highest BCUT2D eigenvalue weighted by Gasteiger charge is 1.76. The van der Waals surface area contributed by atoms with Crippen molar-refractivity contribution in [2.24, 2.45) is 0 Å². The van der Waals surface area contributed by atoms with Gasteiger partial charge in [-0.3, -0.25) is 0 Å². The molecular weight excluding hydrogens is 176 g/mol. The second-order valence-electron chi connectivity index (χ2n) is 2.09. The van der Waals surface area contributed by atoms with Gasteiger partial charge in [0.05, 0.1) is 0 Å². The van der Waals surface area contributed by atoms with Crippen LogP contribution >= 0.6 is 15.9 Å². The van der Waals surface area contributed by atoms with Crippen molar-refractivity contribution >= 4 is 15.9 Å². The number of rotatable bonds is 5. The fourth-order valence-electron chi connectivity index (χ4n) is 0.621. The van der Waals surface area contributed by atoms with Gasteiger partial charge in [-0.05, 0) is 12.8 Å². The summed E-state index contributed by atoms with van der Waals surface area (Å²) in [5, 5.41) is 1.09. The molecule has 0 saturated carbocycles. The van der Waals surface area contributed by atoms with Gasteiger partial charge in [-0.1, -0.05) is 47.8 Å². The van der Waals surface area contributed by atoms with E-state index in [-0.39, 0.29) is 0 Å². The van der Waals surface area contributed by atoms with Crippen molar-refractivity contribution < 1.29 is 0 Å². The van der Waals surface area contributed by atoms with Crippen LogP contribution in [-0.2, 0) is 0 Å². The van der Waals surface area contributed by atoms with Crippen molar-refractivity contribution in [2.75, 3.05) is 5.33 Å². The van der Waals surface area contributed by atoms with Gasteiger partial charge in [0.15, 0.2) is 0 Å². The van der Waals surface area contributed by atoms with Gasteiger partial charge in [0.1, 0.15) is 0 Å². The molecule has 0 aromatic heterocycles. The van der Waals surface area contributed by atoms with E-state index in [9.17, 15) is 0 Å². The minimum Gasteiger partial charge on any atom is -0.0925 e. The van der Waals surface area contributed by atoms with Crippen LogP contribution in [0.25, 0.3) is 0 Å². The summed E-state index contributed by atoms with van der Waals surface area (Å²) in [6, 6.07) is 0. The standard InChI is InChI=1S/C8H15Br/c1-2-3-4-5-6-7-8-9/h5-6H,2-4,7-8H2,1H3/b6-5+. The predicted molar refractivity (Wildman–Crippen MR) is 47.1 cm³/mol. The van der Waals surface area contributed by atoms with Gasteiger partial charge in [-0.15, -0.1) is 0 Å². The molecule has 0 atom stereocenters. The molecule has 0 saturated heterocycles. The van der Waals surface area contributed by atoms with Crippen LogP contribution in [0.3, 0.4) is 0 Å². The summed E-state index contributed by atoms with van der Waals surface area (Å²) < 4.78 is 0. The molecule has 0 heterocycles. The van der Waals surface area contributed by atoms with Gasteiger partial charge in [0.2, 0.25) is 0 Å². The van der Waals surface area contributed by atoms with E-state index in [1.807, 2.05) is 0 Å². The molecule has 0 fully saturated rings. The lowest BCUT2D eigenvalue weighted by Crippen LogP contribution is -1.68. The van der Waals surface area contributed by atoms with E-state index in [2.05, 4.69) is 35.0 Å². The van der Waals surface area contributed by atoms with Crippen molar-refractivity contribution in [3.63, 3.8) is 0 Å². The second kappa shape index (κ2) is 8.22. The molecule has 0 aromatic rings. The van der Waals surface area contributed by atoms with Crippen LogP contribution in [0, 0.1) is 0 Å². The van der Waals surface area contributed by atoms with Crippen LogP contribution in [0.15, 0.2) is 12.2 Å². The molecule has 0 aliphatic rings. The molecule has 0 nitrogen and oxygen atoms in total. The van der Waals surface area contributed by atoms with Gasteiger partial charge >= 0.3 is 0 Å². The maximum atomic E-state index is 3.37. The third kappa shape index (κ3) is 8.22. The zero-order chi connectivity index (χ0) is 6.95. The average Bonchev–Trinajstić information content (AvgIpc) is 1.89. The Morgan fingerprint density at radius 3 is 2.44 bits per heavy atom. The lowest BCUT2D eigenvalue weighted by atomic mass is 10.2. The highest BCUT2D eigenvalue weighted by atomic mass is 79.9. The van der Waals surface area contributed by atoms with E-state index in [1.165, 1.54) is 25.7 Å². The fourth-order valence-corrected chi connectivity index (χ4v) is 0.885. The van der Waals surface area contributed by atoms with Crippen molar-refractivity contribution in [1.82, 2.24) is 0 Å². The van der Waals surface area contributed by atoms with Crippen molar-refractivity contribution in [2.45, 2.75) is 32.6 Å². The number of unbranched alkanes of at least 4 members (excludes halogenated alkanes) is 2. The largest absolute Gasteiger partial charge is 0.0925 e. The van der Waals surface area contributed by atoms with Crippen LogP contribution in [0.5, 0.6) is 0 Å². The Balaban J connectivity index is 2.86. The summed E-state index contributed by atoms with van der Waals surface area (Å²) in [7, 11) is 0. The third-order valence-electron chi connectivity index (χ3n) is 1.17. The monoisotopic (exact) mass is 190 g/mol. The normalized spacial score (nSPS) is 10.9. The highest BCUT2D eigenvalue weighted by molar-refractivity contribution is 9.09. The van der Waals surface area contributed by atoms with Crippen molar-refractivity contribution in [3.8, 4) is 0 Å². The SMILES string of the molecule is CCCC/C=C/CCBr. The molecular formula is C8H15Br. The predicted octanol–water partition coefficient (Wildman–Crippen LogP) is 3.52. The molecule has 0 aromatic carbocycles. The number of halogens is 1. The Morgan fingerprint density at radius 1 is 1.22 bits per heavy atom. The Kier molecular flexibility index (Phi) is 8.42. The summed E-state index contributed by atoms with van der Waals surface area (Å²) in [4.78, 5) is 0. The molecule has 0 bridgehead atoms. The van der Waals surface area contributed by atoms with E-state index < -0.39 is 0 Å². The van der Waals surface area contributed by atoms with E-state index in [4.69, 9.17) is 0 Å². The topological polar surface area (TPSA) is 0 Å². The molecule has 9 heavy (non-hydrogen) atoms. The van der Waals surface area contributed by atoms with E-state index in [1.54, 1.807) is 0 Å². The van der Waals surface area contributed by atoms with E-state index in [0.717, 1.165) is 5.33 Å². The smallest absolute Gasteiger partial charge is 0.00659 e. The maximum absolute atomic E-state index is 3.37. The van der Waals surface area contributed by atoms with Gasteiger partial charge in [-0.25, -0.2) is 0 Å². The first-order chi connectivity index (χ1) is 4.41. The lowest BCUT2D eigenvalue weighted by Gasteiger charge is -1.86. The van der Waals surface area contributed by atoms with Gasteiger partial charge in [0, 0.05) is 5.33 Å². The van der Waals surface area contributed by atoms with E-state index in [0.29, 0.717) is 0 Å². The average molecular weight is 191 g/mol. The fraction of sp³-hybridized carbons (Fsp3) is 0.750. The molecule has 0 spiro atoms. The second-order valence-corrected chi connectivity index (χ2v) is 2.88. The zero-order valence-electron chi connectivity index (χ0n) is 6.07. The molecule has 0 aliphatic heterocycles. The molecule has 0 unspecified atom stereocenters. The lowest BCUT2D eigenvalue weighted by molar-refractivity contribution is 0.813. The van der Waals surface area contributed by atoms with Crippen LogP contribution in [0.1, 0.15) is 32.6 Å². The Bertz CT molecular complexity index is 67.0. The third-order valence-corrected chi connectivity index (χ3v) is 1.62. The number of hydrogen-bond acceptors (Lipinski definition) is 0. The molecule has 54 valence electrons. The summed E-state index contributed by atoms with van der Waals surface area (Å²) >= 11 is 3.37. The van der Waals surface area contributed by atoms with Crippen molar-refractivity contribution in [1.29, 1.82) is 0 Å². The van der Waals surface area contributed by atoms with Crippen molar-refractivity contribution in [3.05, 3.63) is 12.2 Å². The van der Waals surface area contributed by atoms with Gasteiger partial charge in [-0.2, -0.15) is 0 Å². The summed E-state index contributed by atoms with van der Waals surface area (Å²) in [5.41, 5.74) is 0. The first kappa shape index (κ1) is 9.22. The minimum absolute atomic E-state index is 1.09. The van der Waals surface area contributed by atoms with Crippen LogP contribution in [0.2, 0.25) is 0 Å². The Morgan fingerprint density at radius 2 is 1.89 bits per heavy atom. The number of allylic oxidation sites excluding steroid dienone is 2. The van der Waals surface area contributed by atoms with Crippen LogP contribution in [-0.4, -0.2) is 5.33 Å². The molecule has 0 radical (unpaired) electrons. The Hall–Kier alpha value is 0.220. The first-order valence-corrected chi connectivity index (χ1v) is 4.75. The maximum Gasteiger partial charge on any atom is 0.00659 e. The first-order valence-electron chi connectivity index (χ1n) is 3.62. The van der Waals surface area contributed by atoms with Crippen LogP contribution < -0.4 is 0 Å². The van der Waals surface area contributed by atoms with Gasteiger partial charge in [0.25, 0.3) is 0 Å². The summed E-state index contributed by atoms with van der Waals surface area (Å²) in [5.74, 6) is 0. The molecule has 0 amide bonds. The minimum atomic E-state index is 1.09.